The van der Waals surface area contributed by atoms with Crippen molar-refractivity contribution in [2.45, 2.75) is 44.7 Å². The van der Waals surface area contributed by atoms with Gasteiger partial charge in [0.05, 0.1) is 6.54 Å². The number of rotatable bonds is 5. The predicted molar refractivity (Wildman–Crippen MR) is 91.3 cm³/mol. The number of carbonyl (C=O) groups excluding carboxylic acids is 2. The summed E-state index contributed by atoms with van der Waals surface area (Å²) in [5.74, 6) is -0.844. The third kappa shape index (κ3) is 5.76. The summed E-state index contributed by atoms with van der Waals surface area (Å²) in [5.41, 5.74) is 0.334. The first kappa shape index (κ1) is 18.7. The minimum absolute atomic E-state index is 0.0250. The van der Waals surface area contributed by atoms with E-state index in [4.69, 9.17) is 11.6 Å². The Labute approximate surface area is 146 Å². The SMILES string of the molecule is CN(CC(=O)NC(=O)NC1CCCCC1)Cc1c(F)cccc1Cl. The van der Waals surface area contributed by atoms with Crippen molar-refractivity contribution in [3.63, 3.8) is 0 Å². The highest BCUT2D eigenvalue weighted by molar-refractivity contribution is 6.31. The molecule has 2 N–H and O–H groups in total. The molecule has 132 valence electrons. The molecule has 0 radical (unpaired) electrons. The van der Waals surface area contributed by atoms with Gasteiger partial charge in [0.1, 0.15) is 5.82 Å². The molecule has 0 atom stereocenters. The Morgan fingerprint density at radius 1 is 1.29 bits per heavy atom. The molecular weight excluding hydrogens is 333 g/mol. The predicted octanol–water partition coefficient (Wildman–Crippen LogP) is 3.07. The highest BCUT2D eigenvalue weighted by Gasteiger charge is 2.18. The number of nitrogens with one attached hydrogen (secondary N) is 2. The fourth-order valence-corrected chi connectivity index (χ4v) is 3.11. The van der Waals surface area contributed by atoms with E-state index in [0.29, 0.717) is 10.6 Å². The third-order valence-electron chi connectivity index (χ3n) is 4.10. The second-order valence-electron chi connectivity index (χ2n) is 6.23. The number of likely N-dealkylation sites (N-methyl/N-ethyl adjacent to an activating group) is 1. The van der Waals surface area contributed by atoms with Crippen LogP contribution < -0.4 is 10.6 Å². The molecule has 7 heteroatoms. The molecule has 1 aromatic rings. The fourth-order valence-electron chi connectivity index (χ4n) is 2.89. The van der Waals surface area contributed by atoms with Crippen LogP contribution in [0.15, 0.2) is 18.2 Å². The molecule has 5 nitrogen and oxygen atoms in total. The number of imide groups is 1. The van der Waals surface area contributed by atoms with Crippen LogP contribution in [0.5, 0.6) is 0 Å². The third-order valence-corrected chi connectivity index (χ3v) is 4.45. The quantitative estimate of drug-likeness (QED) is 0.853. The minimum Gasteiger partial charge on any atom is -0.335 e. The van der Waals surface area contributed by atoms with Crippen LogP contribution in [0.2, 0.25) is 5.02 Å². The smallest absolute Gasteiger partial charge is 0.321 e. The molecule has 1 aromatic carbocycles. The van der Waals surface area contributed by atoms with Crippen molar-refractivity contribution in [2.75, 3.05) is 13.6 Å². The standard InChI is InChI=1S/C17H23ClFN3O2/c1-22(10-13-14(18)8-5-9-15(13)19)11-16(23)21-17(24)20-12-6-3-2-4-7-12/h5,8-9,12H,2-4,6-7,10-11H2,1H3,(H2,20,21,23,24). The Morgan fingerprint density at radius 2 is 2.00 bits per heavy atom. The first-order valence-corrected chi connectivity index (χ1v) is 8.55. The zero-order valence-corrected chi connectivity index (χ0v) is 14.5. The molecular formula is C17H23ClFN3O2. The highest BCUT2D eigenvalue weighted by atomic mass is 35.5. The molecule has 0 aromatic heterocycles. The maximum Gasteiger partial charge on any atom is 0.321 e. The van der Waals surface area contributed by atoms with E-state index in [0.717, 1.165) is 25.7 Å². The van der Waals surface area contributed by atoms with Gasteiger partial charge in [-0.05, 0) is 32.0 Å². The summed E-state index contributed by atoms with van der Waals surface area (Å²) in [6.07, 6.45) is 5.30. The highest BCUT2D eigenvalue weighted by Crippen LogP contribution is 2.20. The first-order chi connectivity index (χ1) is 11.5. The number of nitrogens with zero attached hydrogens (tertiary/aromatic N) is 1. The van der Waals surface area contributed by atoms with E-state index in [1.165, 1.54) is 18.6 Å². The number of halogens is 2. The number of amides is 3. The first-order valence-electron chi connectivity index (χ1n) is 8.17. The van der Waals surface area contributed by atoms with Gasteiger partial charge in [0.25, 0.3) is 0 Å². The number of carbonyl (C=O) groups is 2. The molecule has 0 heterocycles. The van der Waals surface area contributed by atoms with Crippen LogP contribution in [-0.4, -0.2) is 36.5 Å². The lowest BCUT2D eigenvalue weighted by molar-refractivity contribution is -0.121. The molecule has 0 aliphatic heterocycles. The van der Waals surface area contributed by atoms with Crippen LogP contribution in [0.3, 0.4) is 0 Å². The molecule has 1 aliphatic carbocycles. The molecule has 0 spiro atoms. The monoisotopic (exact) mass is 355 g/mol. The van der Waals surface area contributed by atoms with Gasteiger partial charge < -0.3 is 5.32 Å². The molecule has 0 unspecified atom stereocenters. The summed E-state index contributed by atoms with van der Waals surface area (Å²) in [4.78, 5) is 25.4. The van der Waals surface area contributed by atoms with Gasteiger partial charge in [0.15, 0.2) is 0 Å². The zero-order chi connectivity index (χ0) is 17.5. The summed E-state index contributed by atoms with van der Waals surface area (Å²) >= 11 is 5.97. The number of urea groups is 1. The largest absolute Gasteiger partial charge is 0.335 e. The number of hydrogen-bond acceptors (Lipinski definition) is 3. The molecule has 0 saturated heterocycles. The lowest BCUT2D eigenvalue weighted by Crippen LogP contribution is -2.47. The second-order valence-corrected chi connectivity index (χ2v) is 6.64. The number of benzene rings is 1. The Hall–Kier alpha value is -1.66. The number of hydrogen-bond donors (Lipinski definition) is 2. The summed E-state index contributed by atoms with van der Waals surface area (Å²) in [5, 5.41) is 5.45. The zero-order valence-electron chi connectivity index (χ0n) is 13.8. The van der Waals surface area contributed by atoms with E-state index in [9.17, 15) is 14.0 Å². The van der Waals surface area contributed by atoms with E-state index in [2.05, 4.69) is 10.6 Å². The van der Waals surface area contributed by atoms with Gasteiger partial charge in [-0.2, -0.15) is 0 Å². The molecule has 1 fully saturated rings. The molecule has 1 aliphatic rings. The maximum absolute atomic E-state index is 13.7. The van der Waals surface area contributed by atoms with Gasteiger partial charge in [-0.25, -0.2) is 9.18 Å². The van der Waals surface area contributed by atoms with E-state index in [1.807, 2.05) is 0 Å². The second kappa shape index (κ2) is 8.99. The molecule has 1 saturated carbocycles. The van der Waals surface area contributed by atoms with E-state index in [-0.39, 0.29) is 19.1 Å². The molecule has 0 bridgehead atoms. The lowest BCUT2D eigenvalue weighted by Gasteiger charge is -2.23. The van der Waals surface area contributed by atoms with Crippen LogP contribution in [0, 0.1) is 5.82 Å². The van der Waals surface area contributed by atoms with Gasteiger partial charge in [-0.1, -0.05) is 36.9 Å². The summed E-state index contributed by atoms with van der Waals surface area (Å²) < 4.78 is 13.7. The Bertz CT molecular complexity index is 571. The summed E-state index contributed by atoms with van der Waals surface area (Å²) in [6.45, 7) is 0.159. The van der Waals surface area contributed by atoms with Crippen molar-refractivity contribution in [1.82, 2.24) is 15.5 Å². The van der Waals surface area contributed by atoms with Gasteiger partial charge in [0, 0.05) is 23.2 Å². The molecule has 3 amide bonds. The van der Waals surface area contributed by atoms with Crippen molar-refractivity contribution < 1.29 is 14.0 Å². The fraction of sp³-hybridized carbons (Fsp3) is 0.529. The Kier molecular flexibility index (Phi) is 6.99. The molecule has 2 rings (SSSR count). The lowest BCUT2D eigenvalue weighted by atomic mass is 9.96. The van der Waals surface area contributed by atoms with E-state index >= 15 is 0 Å². The van der Waals surface area contributed by atoms with E-state index in [1.54, 1.807) is 18.0 Å². The van der Waals surface area contributed by atoms with Gasteiger partial charge in [0.2, 0.25) is 5.91 Å². The van der Waals surface area contributed by atoms with Crippen molar-refractivity contribution in [3.8, 4) is 0 Å². The average molecular weight is 356 g/mol. The van der Waals surface area contributed by atoms with Crippen molar-refractivity contribution in [2.24, 2.45) is 0 Å². The summed E-state index contributed by atoms with van der Waals surface area (Å²) in [6, 6.07) is 4.13. The van der Waals surface area contributed by atoms with Crippen molar-refractivity contribution in [3.05, 3.63) is 34.6 Å². The summed E-state index contributed by atoms with van der Waals surface area (Å²) in [7, 11) is 1.67. The van der Waals surface area contributed by atoms with Crippen molar-refractivity contribution >= 4 is 23.5 Å². The van der Waals surface area contributed by atoms with Gasteiger partial charge >= 0.3 is 6.03 Å². The van der Waals surface area contributed by atoms with Gasteiger partial charge in [-0.3, -0.25) is 15.0 Å². The van der Waals surface area contributed by atoms with Crippen molar-refractivity contribution in [1.29, 1.82) is 0 Å². The average Bonchev–Trinajstić information content (AvgIpc) is 2.51. The van der Waals surface area contributed by atoms with Crippen LogP contribution in [-0.2, 0) is 11.3 Å². The normalized spacial score (nSPS) is 15.3. The topological polar surface area (TPSA) is 61.4 Å². The minimum atomic E-state index is -0.468. The van der Waals surface area contributed by atoms with Crippen LogP contribution in [0.4, 0.5) is 9.18 Å². The van der Waals surface area contributed by atoms with Crippen LogP contribution >= 0.6 is 11.6 Å². The van der Waals surface area contributed by atoms with Gasteiger partial charge in [-0.15, -0.1) is 0 Å². The Balaban J connectivity index is 1.77. The van der Waals surface area contributed by atoms with Crippen LogP contribution in [0.25, 0.3) is 0 Å². The van der Waals surface area contributed by atoms with Crippen LogP contribution in [0.1, 0.15) is 37.7 Å². The molecule has 24 heavy (non-hydrogen) atoms. The Morgan fingerprint density at radius 3 is 2.67 bits per heavy atom. The van der Waals surface area contributed by atoms with E-state index < -0.39 is 17.8 Å². The maximum atomic E-state index is 13.7.